The molecule has 93 valence electrons. The van der Waals surface area contributed by atoms with E-state index in [9.17, 15) is 0 Å². The summed E-state index contributed by atoms with van der Waals surface area (Å²) in [7, 11) is 0. The molecule has 0 fully saturated rings. The Kier molecular flexibility index (Phi) is 7.36. The number of nitrogens with one attached hydrogen (secondary N) is 1. The normalized spacial score (nSPS) is 10.6. The number of rotatable bonds is 8. The first-order valence-corrected chi connectivity index (χ1v) is 7.96. The highest BCUT2D eigenvalue weighted by Gasteiger charge is 1.98. The lowest BCUT2D eigenvalue weighted by Crippen LogP contribution is -2.16. The van der Waals surface area contributed by atoms with Gasteiger partial charge in [-0.1, -0.05) is 36.0 Å². The number of hydrogen-bond acceptors (Lipinski definition) is 2. The van der Waals surface area contributed by atoms with Crippen molar-refractivity contribution < 1.29 is 4.74 Å². The van der Waals surface area contributed by atoms with Crippen LogP contribution in [0.15, 0.2) is 24.3 Å². The van der Waals surface area contributed by atoms with Gasteiger partial charge in [0, 0.05) is 6.54 Å². The van der Waals surface area contributed by atoms with Crippen molar-refractivity contribution in [3.63, 3.8) is 0 Å². The van der Waals surface area contributed by atoms with E-state index in [4.69, 9.17) is 4.74 Å². The van der Waals surface area contributed by atoms with Crippen molar-refractivity contribution >= 4 is 15.2 Å². The van der Waals surface area contributed by atoms with Gasteiger partial charge in [0.1, 0.15) is 5.75 Å². The van der Waals surface area contributed by atoms with Gasteiger partial charge in [-0.3, -0.25) is 0 Å². The Morgan fingerprint density at radius 3 is 2.53 bits per heavy atom. The predicted octanol–water partition coefficient (Wildman–Crippen LogP) is 3.13. The van der Waals surface area contributed by atoms with Gasteiger partial charge in [0.2, 0.25) is 15.2 Å². The minimum Gasteiger partial charge on any atom is -0.494 e. The van der Waals surface area contributed by atoms with E-state index in [1.165, 1.54) is 10.8 Å². The first-order valence-electron chi connectivity index (χ1n) is 6.48. The molecule has 0 unspecified atom stereocenters. The SMILES string of the molecule is CCOc1ccc(CNC[CH2][Al][CH](C)C)cc1. The van der Waals surface area contributed by atoms with Crippen molar-refractivity contribution in [2.45, 2.75) is 37.4 Å². The standard InChI is InChI=1S/C11H16NO.C3H7.Al/c1-3-12-9-10-5-7-11(8-6-10)13-4-2;1-3-2;/h5-8,12H,1,3-4,9H2,2H3;3H,1-2H3;. The largest absolute Gasteiger partial charge is 0.494 e. The molecule has 0 aromatic heterocycles. The predicted molar refractivity (Wildman–Crippen MR) is 75.0 cm³/mol. The molecule has 3 heteroatoms. The molecule has 0 saturated heterocycles. The summed E-state index contributed by atoms with van der Waals surface area (Å²) in [6.07, 6.45) is 0. The van der Waals surface area contributed by atoms with Crippen LogP contribution in [0, 0.1) is 0 Å². The van der Waals surface area contributed by atoms with E-state index in [1.807, 2.05) is 19.1 Å². The first kappa shape index (κ1) is 14.6. The van der Waals surface area contributed by atoms with Crippen LogP contribution in [0.4, 0.5) is 0 Å². The Labute approximate surface area is 111 Å². The van der Waals surface area contributed by atoms with E-state index in [2.05, 4.69) is 31.3 Å². The van der Waals surface area contributed by atoms with Crippen molar-refractivity contribution in [3.05, 3.63) is 29.8 Å². The van der Waals surface area contributed by atoms with Crippen LogP contribution in [-0.4, -0.2) is 28.4 Å². The van der Waals surface area contributed by atoms with Crippen LogP contribution in [0.1, 0.15) is 26.3 Å². The van der Waals surface area contributed by atoms with Crippen LogP contribution in [-0.2, 0) is 6.54 Å². The third-order valence-electron chi connectivity index (χ3n) is 2.52. The van der Waals surface area contributed by atoms with Gasteiger partial charge in [0.15, 0.2) is 0 Å². The van der Waals surface area contributed by atoms with Gasteiger partial charge in [0.25, 0.3) is 0 Å². The molecule has 0 saturated carbocycles. The molecule has 0 atom stereocenters. The van der Waals surface area contributed by atoms with Crippen LogP contribution in [0.25, 0.3) is 0 Å². The highest BCUT2D eigenvalue weighted by molar-refractivity contribution is 6.37. The molecule has 1 aromatic rings. The number of ether oxygens (including phenoxy) is 1. The maximum Gasteiger partial charge on any atom is 0.206 e. The molecule has 1 rings (SSSR count). The van der Waals surface area contributed by atoms with Gasteiger partial charge < -0.3 is 10.1 Å². The Morgan fingerprint density at radius 2 is 1.94 bits per heavy atom. The van der Waals surface area contributed by atoms with Crippen molar-refractivity contribution in [2.75, 3.05) is 13.2 Å². The molecule has 0 heterocycles. The lowest BCUT2D eigenvalue weighted by Gasteiger charge is -2.07. The molecule has 1 radical (unpaired) electrons. The topological polar surface area (TPSA) is 21.3 Å². The quantitative estimate of drug-likeness (QED) is 0.564. The molecule has 0 spiro atoms. The van der Waals surface area contributed by atoms with Crippen LogP contribution in [0.5, 0.6) is 5.75 Å². The second-order valence-corrected chi connectivity index (χ2v) is 6.90. The fraction of sp³-hybridized carbons (Fsp3) is 0.571. The molecule has 0 amide bonds. The van der Waals surface area contributed by atoms with Crippen molar-refractivity contribution in [1.29, 1.82) is 0 Å². The molecular weight excluding hydrogens is 225 g/mol. The second-order valence-electron chi connectivity index (χ2n) is 4.52. The third-order valence-corrected chi connectivity index (χ3v) is 4.09. The van der Waals surface area contributed by atoms with Crippen LogP contribution < -0.4 is 10.1 Å². The summed E-state index contributed by atoms with van der Waals surface area (Å²) < 4.78 is 6.30. The number of hydrogen-bond donors (Lipinski definition) is 1. The van der Waals surface area contributed by atoms with Gasteiger partial charge in [-0.2, -0.15) is 0 Å². The van der Waals surface area contributed by atoms with E-state index in [0.29, 0.717) is 15.2 Å². The van der Waals surface area contributed by atoms with Gasteiger partial charge in [-0.15, -0.1) is 0 Å². The summed E-state index contributed by atoms with van der Waals surface area (Å²) in [5, 5.41) is 4.83. The van der Waals surface area contributed by atoms with Crippen LogP contribution in [0.2, 0.25) is 10.1 Å². The summed E-state index contributed by atoms with van der Waals surface area (Å²) >= 11 is 0.611. The van der Waals surface area contributed by atoms with Crippen molar-refractivity contribution in [1.82, 2.24) is 5.32 Å². The van der Waals surface area contributed by atoms with E-state index >= 15 is 0 Å². The van der Waals surface area contributed by atoms with E-state index in [-0.39, 0.29) is 0 Å². The summed E-state index contributed by atoms with van der Waals surface area (Å²) in [5.74, 6) is 0.959. The molecular formula is C14H23AlNO. The lowest BCUT2D eigenvalue weighted by atomic mass is 10.2. The van der Waals surface area contributed by atoms with Crippen molar-refractivity contribution in [2.24, 2.45) is 0 Å². The fourth-order valence-electron chi connectivity index (χ4n) is 1.62. The van der Waals surface area contributed by atoms with Crippen LogP contribution >= 0.6 is 0 Å². The van der Waals surface area contributed by atoms with Gasteiger partial charge >= 0.3 is 0 Å². The maximum atomic E-state index is 5.41. The minimum atomic E-state index is 0.611. The van der Waals surface area contributed by atoms with Gasteiger partial charge in [-0.25, -0.2) is 0 Å². The summed E-state index contributed by atoms with van der Waals surface area (Å²) in [6.45, 7) is 9.45. The molecule has 17 heavy (non-hydrogen) atoms. The highest BCUT2D eigenvalue weighted by Crippen LogP contribution is 2.11. The smallest absolute Gasteiger partial charge is 0.206 e. The monoisotopic (exact) mass is 248 g/mol. The summed E-state index contributed by atoms with van der Waals surface area (Å²) in [5.41, 5.74) is 1.33. The van der Waals surface area contributed by atoms with Crippen LogP contribution in [0.3, 0.4) is 0 Å². The summed E-state index contributed by atoms with van der Waals surface area (Å²) in [4.78, 5) is 0. The van der Waals surface area contributed by atoms with Gasteiger partial charge in [0.05, 0.1) is 6.61 Å². The Bertz CT molecular complexity index is 298. The molecule has 0 bridgehead atoms. The minimum absolute atomic E-state index is 0.611. The molecule has 0 aliphatic heterocycles. The molecule has 2 nitrogen and oxygen atoms in total. The number of benzene rings is 1. The first-order chi connectivity index (χ1) is 8.22. The maximum absolute atomic E-state index is 5.41. The molecule has 1 aromatic carbocycles. The zero-order valence-electron chi connectivity index (χ0n) is 11.2. The average molecular weight is 248 g/mol. The highest BCUT2D eigenvalue weighted by atomic mass is 27.1. The van der Waals surface area contributed by atoms with Crippen molar-refractivity contribution in [3.8, 4) is 5.75 Å². The van der Waals surface area contributed by atoms with E-state index in [0.717, 1.165) is 30.2 Å². The molecule has 0 aliphatic carbocycles. The van der Waals surface area contributed by atoms with E-state index < -0.39 is 0 Å². The fourth-order valence-corrected chi connectivity index (χ4v) is 2.66. The second kappa shape index (κ2) is 8.58. The Morgan fingerprint density at radius 1 is 1.24 bits per heavy atom. The lowest BCUT2D eigenvalue weighted by molar-refractivity contribution is 0.340. The Balaban J connectivity index is 2.18. The zero-order valence-corrected chi connectivity index (χ0v) is 12.4. The van der Waals surface area contributed by atoms with Gasteiger partial charge in [-0.05, 0) is 31.2 Å². The third kappa shape index (κ3) is 6.73. The average Bonchev–Trinajstić information content (AvgIpc) is 2.31. The van der Waals surface area contributed by atoms with E-state index in [1.54, 1.807) is 0 Å². The Hall–Kier alpha value is -0.488. The zero-order chi connectivity index (χ0) is 12.5. The molecule has 0 aliphatic rings. The summed E-state index contributed by atoms with van der Waals surface area (Å²) in [6, 6.07) is 8.35. The molecule has 1 N–H and O–H groups in total.